The van der Waals surface area contributed by atoms with Crippen molar-refractivity contribution in [1.29, 1.82) is 5.26 Å². The minimum Gasteiger partial charge on any atom is -0.496 e. The summed E-state index contributed by atoms with van der Waals surface area (Å²) >= 11 is 1.26. The second-order valence-corrected chi connectivity index (χ2v) is 11.5. The summed E-state index contributed by atoms with van der Waals surface area (Å²) in [6, 6.07) is 25.8. The Morgan fingerprint density at radius 1 is 1.00 bits per heavy atom. The van der Waals surface area contributed by atoms with E-state index in [1.54, 1.807) is 50.0 Å². The molecule has 224 valence electrons. The molecule has 2 heterocycles. The Hall–Kier alpha value is -5.46. The van der Waals surface area contributed by atoms with Gasteiger partial charge in [-0.05, 0) is 60.5 Å². The van der Waals surface area contributed by atoms with E-state index in [2.05, 4.69) is 6.07 Å². The van der Waals surface area contributed by atoms with Gasteiger partial charge >= 0.3 is 0 Å². The summed E-state index contributed by atoms with van der Waals surface area (Å²) in [5.74, 6) is 1.41. The Morgan fingerprint density at radius 2 is 1.73 bits per heavy atom. The number of allylic oxidation sites excluding steroid dienone is 2. The molecule has 0 amide bonds. The number of fused-ring (bicyclic) bond motifs is 2. The van der Waals surface area contributed by atoms with E-state index < -0.39 is 6.04 Å². The lowest BCUT2D eigenvalue weighted by atomic mass is 9.89. The van der Waals surface area contributed by atoms with Gasteiger partial charge in [-0.2, -0.15) is 5.26 Å². The fourth-order valence-electron chi connectivity index (χ4n) is 5.73. The molecule has 1 aliphatic rings. The number of nitrogens with zero attached hydrogens (tertiary/aromatic N) is 3. The number of carbonyl (C=O) groups excluding carboxylic acids is 1. The van der Waals surface area contributed by atoms with Crippen LogP contribution >= 0.6 is 11.3 Å². The van der Waals surface area contributed by atoms with Crippen LogP contribution in [0.4, 0.5) is 0 Å². The van der Waals surface area contributed by atoms with Crippen molar-refractivity contribution in [3.63, 3.8) is 0 Å². The molecule has 1 unspecified atom stereocenters. The highest BCUT2D eigenvalue weighted by Gasteiger charge is 2.33. The summed E-state index contributed by atoms with van der Waals surface area (Å²) in [4.78, 5) is 32.5. The van der Waals surface area contributed by atoms with Gasteiger partial charge in [0.2, 0.25) is 0 Å². The second-order valence-electron chi connectivity index (χ2n) is 10.5. The van der Waals surface area contributed by atoms with Gasteiger partial charge in [0.1, 0.15) is 12.4 Å². The van der Waals surface area contributed by atoms with E-state index in [9.17, 15) is 14.9 Å². The summed E-state index contributed by atoms with van der Waals surface area (Å²) in [7, 11) is 3.14. The molecule has 5 aromatic rings. The van der Waals surface area contributed by atoms with Crippen LogP contribution in [0, 0.1) is 11.3 Å². The first-order valence-electron chi connectivity index (χ1n) is 14.2. The van der Waals surface area contributed by atoms with Gasteiger partial charge in [0.05, 0.1) is 36.4 Å². The van der Waals surface area contributed by atoms with Gasteiger partial charge in [-0.15, -0.1) is 0 Å². The molecule has 1 aromatic heterocycles. The third-order valence-electron chi connectivity index (χ3n) is 7.83. The van der Waals surface area contributed by atoms with Crippen molar-refractivity contribution in [2.24, 2.45) is 4.99 Å². The number of hydrogen-bond donors (Lipinski definition) is 0. The smallest absolute Gasteiger partial charge is 0.271 e. The molecular formula is C36H29N3O5S. The van der Waals surface area contributed by atoms with Crippen molar-refractivity contribution in [2.45, 2.75) is 26.5 Å². The maximum Gasteiger partial charge on any atom is 0.271 e. The van der Waals surface area contributed by atoms with Gasteiger partial charge < -0.3 is 14.2 Å². The van der Waals surface area contributed by atoms with Crippen molar-refractivity contribution in [3.05, 3.63) is 132 Å². The molecule has 9 heteroatoms. The van der Waals surface area contributed by atoms with Crippen LogP contribution in [0.1, 0.15) is 42.1 Å². The maximum absolute atomic E-state index is 14.2. The highest BCUT2D eigenvalue weighted by Crippen LogP contribution is 2.40. The molecule has 0 fully saturated rings. The predicted molar refractivity (Wildman–Crippen MR) is 173 cm³/mol. The molecular weight excluding hydrogens is 586 g/mol. The number of benzene rings is 4. The molecule has 0 N–H and O–H groups in total. The Kier molecular flexibility index (Phi) is 8.07. The Labute approximate surface area is 263 Å². The Balaban J connectivity index is 1.46. The van der Waals surface area contributed by atoms with Gasteiger partial charge in [0.25, 0.3) is 5.56 Å². The normalized spacial score (nSPS) is 14.5. The summed E-state index contributed by atoms with van der Waals surface area (Å²) in [6.45, 7) is 3.51. The maximum atomic E-state index is 14.2. The first kappa shape index (κ1) is 29.6. The average Bonchev–Trinajstić information content (AvgIpc) is 3.36. The van der Waals surface area contributed by atoms with Crippen molar-refractivity contribution >= 4 is 34.0 Å². The van der Waals surface area contributed by atoms with Gasteiger partial charge in [-0.3, -0.25) is 14.2 Å². The van der Waals surface area contributed by atoms with Crippen molar-refractivity contribution in [2.75, 3.05) is 14.2 Å². The van der Waals surface area contributed by atoms with Crippen LogP contribution < -0.4 is 29.1 Å². The Morgan fingerprint density at radius 3 is 2.49 bits per heavy atom. The van der Waals surface area contributed by atoms with Gasteiger partial charge in [-0.1, -0.05) is 65.9 Å². The predicted octanol–water partition coefficient (Wildman–Crippen LogP) is 5.45. The van der Waals surface area contributed by atoms with Gasteiger partial charge in [0.15, 0.2) is 22.1 Å². The molecule has 0 radical (unpaired) electrons. The molecule has 0 aliphatic carbocycles. The molecule has 1 aliphatic heterocycles. The zero-order valence-corrected chi connectivity index (χ0v) is 26.0. The van der Waals surface area contributed by atoms with E-state index in [4.69, 9.17) is 19.2 Å². The lowest BCUT2D eigenvalue weighted by molar-refractivity contribution is -0.114. The van der Waals surface area contributed by atoms with E-state index >= 15 is 0 Å². The van der Waals surface area contributed by atoms with Crippen LogP contribution in [-0.4, -0.2) is 24.6 Å². The van der Waals surface area contributed by atoms with Crippen LogP contribution in [0.15, 0.2) is 99.9 Å². The van der Waals surface area contributed by atoms with Crippen LogP contribution in [-0.2, 0) is 11.4 Å². The monoisotopic (exact) mass is 615 g/mol. The summed E-state index contributed by atoms with van der Waals surface area (Å²) in [6.07, 6.45) is 1.78. The minimum absolute atomic E-state index is 0.164. The van der Waals surface area contributed by atoms with Crippen LogP contribution in [0.3, 0.4) is 0 Å². The fraction of sp³-hybridized carbons (Fsp3) is 0.167. The molecule has 0 saturated carbocycles. The first-order chi connectivity index (χ1) is 21.8. The highest BCUT2D eigenvalue weighted by atomic mass is 32.1. The van der Waals surface area contributed by atoms with E-state index in [0.29, 0.717) is 43.4 Å². The number of Topliss-reactive ketones (excluding diaryl/α,β-unsaturated/α-hetero) is 1. The first-order valence-corrected chi connectivity index (χ1v) is 15.0. The molecule has 1 atom stereocenters. The van der Waals surface area contributed by atoms with E-state index in [1.807, 2.05) is 60.7 Å². The van der Waals surface area contributed by atoms with Gasteiger partial charge in [0, 0.05) is 22.4 Å². The number of rotatable bonds is 8. The number of methoxy groups -OCH3 is 2. The van der Waals surface area contributed by atoms with Crippen LogP contribution in [0.25, 0.3) is 16.8 Å². The third-order valence-corrected chi connectivity index (χ3v) is 8.81. The zero-order valence-electron chi connectivity index (χ0n) is 25.2. The number of nitriles is 1. The fourth-order valence-corrected chi connectivity index (χ4v) is 6.78. The zero-order chi connectivity index (χ0) is 31.7. The second kappa shape index (κ2) is 12.3. The molecule has 0 saturated heterocycles. The molecule has 4 aromatic carbocycles. The van der Waals surface area contributed by atoms with Crippen molar-refractivity contribution < 1.29 is 19.0 Å². The number of ketones is 1. The number of thiazole rings is 1. The van der Waals surface area contributed by atoms with E-state index in [1.165, 1.54) is 18.3 Å². The van der Waals surface area contributed by atoms with Crippen LogP contribution in [0.5, 0.6) is 17.2 Å². The highest BCUT2D eigenvalue weighted by molar-refractivity contribution is 7.07. The molecule has 0 spiro atoms. The topological polar surface area (TPSA) is 103 Å². The largest absolute Gasteiger partial charge is 0.496 e. The lowest BCUT2D eigenvalue weighted by Crippen LogP contribution is -2.39. The third kappa shape index (κ3) is 5.41. The summed E-state index contributed by atoms with van der Waals surface area (Å²) < 4.78 is 19.5. The molecule has 45 heavy (non-hydrogen) atoms. The summed E-state index contributed by atoms with van der Waals surface area (Å²) in [5, 5.41) is 11.3. The van der Waals surface area contributed by atoms with E-state index in [-0.39, 0.29) is 17.9 Å². The standard InChI is InChI=1S/C36H29N3O5S/c1-21-32(22(2)40)34(33-27-12-8-7-9-24(27)14-16-29(33)42-3)39-35(41)31(45-36(39)38-21)18-23-13-15-28(30(17-23)43-4)44-20-26-11-6-5-10-25(26)19-37/h5-18,34H,20H2,1-4H3. The molecule has 6 rings (SSSR count). The average molecular weight is 616 g/mol. The molecule has 0 bridgehead atoms. The SMILES string of the molecule is COc1cc(C=c2sc3n(c2=O)C(c2c(OC)ccc4ccccc24)C(C(C)=O)=C(C)N=3)ccc1OCc1ccccc1C#N. The van der Waals surface area contributed by atoms with Crippen LogP contribution in [0.2, 0.25) is 0 Å². The molecule has 8 nitrogen and oxygen atoms in total. The lowest BCUT2D eigenvalue weighted by Gasteiger charge is -2.27. The number of ether oxygens (including phenoxy) is 3. The summed E-state index contributed by atoms with van der Waals surface area (Å²) in [5.41, 5.74) is 3.53. The quantitative estimate of drug-likeness (QED) is 0.230. The van der Waals surface area contributed by atoms with Crippen molar-refractivity contribution in [3.8, 4) is 23.3 Å². The minimum atomic E-state index is -0.719. The number of hydrogen-bond acceptors (Lipinski definition) is 8. The Bertz CT molecular complexity index is 2240. The number of carbonyl (C=O) groups is 1. The number of aromatic nitrogens is 1. The van der Waals surface area contributed by atoms with E-state index in [0.717, 1.165) is 27.5 Å². The van der Waals surface area contributed by atoms with Gasteiger partial charge in [-0.25, -0.2) is 4.99 Å². The van der Waals surface area contributed by atoms with Crippen molar-refractivity contribution in [1.82, 2.24) is 4.57 Å².